The third-order valence-electron chi connectivity index (χ3n) is 3.34. The van der Waals surface area contributed by atoms with Gasteiger partial charge < -0.3 is 10.5 Å². The number of ether oxygens (including phenoxy) is 1. The fourth-order valence-corrected chi connectivity index (χ4v) is 2.20. The van der Waals surface area contributed by atoms with E-state index in [1.807, 2.05) is 6.07 Å². The molecule has 0 bridgehead atoms. The second-order valence-electron chi connectivity index (χ2n) is 4.48. The van der Waals surface area contributed by atoms with E-state index in [4.69, 9.17) is 10.5 Å². The molecule has 1 aliphatic carbocycles. The number of methoxy groups -OCH3 is 1. The summed E-state index contributed by atoms with van der Waals surface area (Å²) in [5.41, 5.74) is 7.23. The van der Waals surface area contributed by atoms with Gasteiger partial charge in [-0.25, -0.2) is 0 Å². The van der Waals surface area contributed by atoms with Gasteiger partial charge in [-0.3, -0.25) is 0 Å². The van der Waals surface area contributed by atoms with Crippen LogP contribution in [0.1, 0.15) is 17.9 Å². The van der Waals surface area contributed by atoms with Crippen LogP contribution in [0.4, 0.5) is 0 Å². The zero-order chi connectivity index (χ0) is 11.1. The Labute approximate surface area is 95.0 Å². The summed E-state index contributed by atoms with van der Waals surface area (Å²) in [6.07, 6.45) is 1.13. The molecule has 2 N–H and O–H groups in total. The van der Waals surface area contributed by atoms with Gasteiger partial charge in [0.2, 0.25) is 0 Å². The molecule has 1 saturated carbocycles. The molecule has 16 heavy (non-hydrogen) atoms. The number of rotatable bonds is 2. The van der Waals surface area contributed by atoms with Crippen LogP contribution in [0, 0.1) is 0 Å². The van der Waals surface area contributed by atoms with Crippen molar-refractivity contribution in [3.63, 3.8) is 0 Å². The summed E-state index contributed by atoms with van der Waals surface area (Å²) in [5, 5.41) is 2.48. The molecule has 0 spiro atoms. The number of benzene rings is 2. The van der Waals surface area contributed by atoms with Crippen molar-refractivity contribution in [1.29, 1.82) is 0 Å². The van der Waals surface area contributed by atoms with Crippen molar-refractivity contribution in [2.45, 2.75) is 18.4 Å². The molecule has 82 valence electrons. The summed E-state index contributed by atoms with van der Waals surface area (Å²) in [4.78, 5) is 0. The second kappa shape index (κ2) is 3.49. The normalized spacial score (nSPS) is 23.4. The molecule has 2 heteroatoms. The van der Waals surface area contributed by atoms with Gasteiger partial charge in [0.1, 0.15) is 5.75 Å². The Kier molecular flexibility index (Phi) is 2.11. The largest absolute Gasteiger partial charge is 0.497 e. The molecule has 0 heterocycles. The van der Waals surface area contributed by atoms with E-state index in [9.17, 15) is 0 Å². The SMILES string of the molecule is COc1ccc2cc([C@@H]3C[C@H]3N)ccc2c1. The van der Waals surface area contributed by atoms with Gasteiger partial charge in [-0.1, -0.05) is 24.3 Å². The molecule has 2 nitrogen and oxygen atoms in total. The van der Waals surface area contributed by atoms with E-state index in [-0.39, 0.29) is 0 Å². The Morgan fingerprint density at radius 3 is 2.50 bits per heavy atom. The van der Waals surface area contributed by atoms with Crippen molar-refractivity contribution in [3.05, 3.63) is 42.0 Å². The van der Waals surface area contributed by atoms with E-state index >= 15 is 0 Å². The van der Waals surface area contributed by atoms with Crippen LogP contribution in [-0.4, -0.2) is 13.2 Å². The van der Waals surface area contributed by atoms with Crippen molar-refractivity contribution in [1.82, 2.24) is 0 Å². The Morgan fingerprint density at radius 1 is 1.12 bits per heavy atom. The lowest BCUT2D eigenvalue weighted by atomic mass is 10.0. The van der Waals surface area contributed by atoms with Crippen LogP contribution in [0.2, 0.25) is 0 Å². The highest BCUT2D eigenvalue weighted by Crippen LogP contribution is 2.40. The highest BCUT2D eigenvalue weighted by Gasteiger charge is 2.34. The zero-order valence-corrected chi connectivity index (χ0v) is 9.31. The zero-order valence-electron chi connectivity index (χ0n) is 9.31. The van der Waals surface area contributed by atoms with Gasteiger partial charge in [0.25, 0.3) is 0 Å². The smallest absolute Gasteiger partial charge is 0.119 e. The maximum atomic E-state index is 5.87. The lowest BCUT2D eigenvalue weighted by Crippen LogP contribution is -2.00. The summed E-state index contributed by atoms with van der Waals surface area (Å²) in [6, 6.07) is 13.1. The molecule has 2 aromatic rings. The maximum Gasteiger partial charge on any atom is 0.119 e. The first-order chi connectivity index (χ1) is 7.78. The highest BCUT2D eigenvalue weighted by atomic mass is 16.5. The highest BCUT2D eigenvalue weighted by molar-refractivity contribution is 5.84. The molecular weight excluding hydrogens is 198 g/mol. The number of hydrogen-bond donors (Lipinski definition) is 1. The predicted molar refractivity (Wildman–Crippen MR) is 65.8 cm³/mol. The maximum absolute atomic E-state index is 5.87. The van der Waals surface area contributed by atoms with Crippen LogP contribution in [0.5, 0.6) is 5.75 Å². The summed E-state index contributed by atoms with van der Waals surface area (Å²) in [7, 11) is 1.69. The average Bonchev–Trinajstić information content (AvgIpc) is 3.05. The topological polar surface area (TPSA) is 35.2 Å². The van der Waals surface area contributed by atoms with E-state index in [2.05, 4.69) is 30.3 Å². The molecule has 0 saturated heterocycles. The number of hydrogen-bond acceptors (Lipinski definition) is 2. The molecule has 0 aliphatic heterocycles. The minimum atomic E-state index is 0.371. The van der Waals surface area contributed by atoms with Gasteiger partial charge >= 0.3 is 0 Å². The molecule has 1 aliphatic rings. The fourth-order valence-electron chi connectivity index (χ4n) is 2.20. The molecule has 0 aromatic heterocycles. The van der Waals surface area contributed by atoms with Crippen molar-refractivity contribution in [2.24, 2.45) is 5.73 Å². The van der Waals surface area contributed by atoms with Gasteiger partial charge in [-0.05, 0) is 34.9 Å². The summed E-state index contributed by atoms with van der Waals surface area (Å²) < 4.78 is 5.21. The third-order valence-corrected chi connectivity index (χ3v) is 3.34. The van der Waals surface area contributed by atoms with Crippen molar-refractivity contribution in [3.8, 4) is 5.75 Å². The van der Waals surface area contributed by atoms with Crippen LogP contribution in [0.3, 0.4) is 0 Å². The van der Waals surface area contributed by atoms with E-state index in [1.165, 1.54) is 16.3 Å². The molecule has 0 radical (unpaired) electrons. The molecule has 0 amide bonds. The second-order valence-corrected chi connectivity index (χ2v) is 4.48. The van der Waals surface area contributed by atoms with E-state index < -0.39 is 0 Å². The Balaban J connectivity index is 2.05. The van der Waals surface area contributed by atoms with Crippen LogP contribution < -0.4 is 10.5 Å². The predicted octanol–water partition coefficient (Wildman–Crippen LogP) is 2.66. The van der Waals surface area contributed by atoms with E-state index in [0.717, 1.165) is 12.2 Å². The van der Waals surface area contributed by atoms with Crippen LogP contribution in [0.25, 0.3) is 10.8 Å². The number of nitrogens with two attached hydrogens (primary N) is 1. The average molecular weight is 213 g/mol. The molecule has 3 rings (SSSR count). The lowest BCUT2D eigenvalue weighted by Gasteiger charge is -2.05. The van der Waals surface area contributed by atoms with Crippen molar-refractivity contribution < 1.29 is 4.74 Å². The van der Waals surface area contributed by atoms with Crippen molar-refractivity contribution in [2.75, 3.05) is 7.11 Å². The van der Waals surface area contributed by atoms with E-state index in [0.29, 0.717) is 12.0 Å². The molecule has 2 atom stereocenters. The van der Waals surface area contributed by atoms with Gasteiger partial charge in [0, 0.05) is 12.0 Å². The monoisotopic (exact) mass is 213 g/mol. The molecule has 2 aromatic carbocycles. The third kappa shape index (κ3) is 1.55. The van der Waals surface area contributed by atoms with Gasteiger partial charge in [0.15, 0.2) is 0 Å². The summed E-state index contributed by atoms with van der Waals surface area (Å²) in [6.45, 7) is 0. The lowest BCUT2D eigenvalue weighted by molar-refractivity contribution is 0.415. The summed E-state index contributed by atoms with van der Waals surface area (Å²) in [5.74, 6) is 1.48. The van der Waals surface area contributed by atoms with Crippen molar-refractivity contribution >= 4 is 10.8 Å². The van der Waals surface area contributed by atoms with Gasteiger partial charge in [0.05, 0.1) is 7.11 Å². The number of fused-ring (bicyclic) bond motifs is 1. The first-order valence-corrected chi connectivity index (χ1v) is 5.61. The van der Waals surface area contributed by atoms with Crippen LogP contribution in [-0.2, 0) is 0 Å². The minimum absolute atomic E-state index is 0.371. The van der Waals surface area contributed by atoms with E-state index in [1.54, 1.807) is 7.11 Å². The summed E-state index contributed by atoms with van der Waals surface area (Å²) >= 11 is 0. The quantitative estimate of drug-likeness (QED) is 0.832. The van der Waals surface area contributed by atoms with Crippen LogP contribution >= 0.6 is 0 Å². The first-order valence-electron chi connectivity index (χ1n) is 5.61. The fraction of sp³-hybridized carbons (Fsp3) is 0.286. The molecule has 1 fully saturated rings. The standard InChI is InChI=1S/C14H15NO/c1-16-12-5-4-9-6-11(13-8-14(13)15)3-2-10(9)7-12/h2-7,13-14H,8,15H2,1H3/t13-,14+/m0/s1. The first kappa shape index (κ1) is 9.67. The Hall–Kier alpha value is -1.54. The minimum Gasteiger partial charge on any atom is -0.497 e. The molecular formula is C14H15NO. The Morgan fingerprint density at radius 2 is 1.81 bits per heavy atom. The van der Waals surface area contributed by atoms with Gasteiger partial charge in [-0.2, -0.15) is 0 Å². The molecule has 0 unspecified atom stereocenters. The van der Waals surface area contributed by atoms with Crippen LogP contribution in [0.15, 0.2) is 36.4 Å². The Bertz CT molecular complexity index is 535. The van der Waals surface area contributed by atoms with Gasteiger partial charge in [-0.15, -0.1) is 0 Å².